The quantitative estimate of drug-likeness (QED) is 0.794. The van der Waals surface area contributed by atoms with Gasteiger partial charge in [0.15, 0.2) is 5.75 Å². The van der Waals surface area contributed by atoms with Gasteiger partial charge in [0, 0.05) is 24.9 Å². The molecule has 0 aliphatic carbocycles. The molecule has 1 aliphatic rings. The van der Waals surface area contributed by atoms with Gasteiger partial charge in [-0.3, -0.25) is 4.99 Å². The fraction of sp³-hybridized carbons (Fsp3) is 0.167. The van der Waals surface area contributed by atoms with E-state index < -0.39 is 0 Å². The van der Waals surface area contributed by atoms with Gasteiger partial charge in [-0.25, -0.2) is 0 Å². The molecule has 0 saturated heterocycles. The van der Waals surface area contributed by atoms with E-state index in [0.717, 1.165) is 35.3 Å². The number of methoxy groups -OCH3 is 1. The molecule has 0 N–H and O–H groups in total. The highest BCUT2D eigenvalue weighted by atomic mass is 16.5. The first-order chi connectivity index (χ1) is 10.8. The van der Waals surface area contributed by atoms with Crippen molar-refractivity contribution < 1.29 is 9.47 Å². The van der Waals surface area contributed by atoms with Crippen LogP contribution in [0.3, 0.4) is 0 Å². The molecule has 0 bridgehead atoms. The summed E-state index contributed by atoms with van der Waals surface area (Å²) in [4.78, 5) is 6.49. The molecule has 0 saturated carbocycles. The highest BCUT2D eigenvalue weighted by Gasteiger charge is 2.25. The maximum absolute atomic E-state index is 5.89. The molecule has 2 aromatic carbocycles. The molecule has 22 heavy (non-hydrogen) atoms. The van der Waals surface area contributed by atoms with Gasteiger partial charge in [-0.05, 0) is 31.2 Å². The number of rotatable bonds is 4. The lowest BCUT2D eigenvalue weighted by molar-refractivity contribution is 0.413. The number of aliphatic imine (C=N–C) groups is 1. The molecule has 4 heteroatoms. The molecular formula is C18H18N2O2. The van der Waals surface area contributed by atoms with Gasteiger partial charge in [0.05, 0.1) is 18.5 Å². The normalized spacial score (nSPS) is 15.2. The van der Waals surface area contributed by atoms with Crippen LogP contribution in [-0.4, -0.2) is 19.9 Å². The van der Waals surface area contributed by atoms with Crippen LogP contribution in [0.2, 0.25) is 0 Å². The minimum absolute atomic E-state index is 0.769. The van der Waals surface area contributed by atoms with Crippen molar-refractivity contribution in [3.05, 3.63) is 60.5 Å². The number of hydrogen-bond acceptors (Lipinski definition) is 4. The summed E-state index contributed by atoms with van der Waals surface area (Å²) < 4.78 is 11.2. The fourth-order valence-electron chi connectivity index (χ4n) is 2.36. The van der Waals surface area contributed by atoms with Crippen LogP contribution in [0.15, 0.2) is 65.5 Å². The standard InChI is InChI=1S/C18H18N2O2/c1-3-20-16-13-15(21-2)9-10-17(16)22-18(20)11-12-19-14-7-5-4-6-8-14/h4-13H,3H2,1-2H3/b18-11+,19-12?. The number of anilines is 1. The number of allylic oxidation sites excluding steroid dienone is 1. The first kappa shape index (κ1) is 14.2. The predicted molar refractivity (Wildman–Crippen MR) is 89.3 cm³/mol. The smallest absolute Gasteiger partial charge is 0.202 e. The van der Waals surface area contributed by atoms with Crippen molar-refractivity contribution in [3.8, 4) is 11.5 Å². The van der Waals surface area contributed by atoms with Crippen LogP contribution in [-0.2, 0) is 0 Å². The van der Waals surface area contributed by atoms with E-state index in [1.165, 1.54) is 0 Å². The number of ether oxygens (including phenoxy) is 2. The highest BCUT2D eigenvalue weighted by Crippen LogP contribution is 2.40. The summed E-state index contributed by atoms with van der Waals surface area (Å²) in [5, 5.41) is 0. The second-order valence-corrected chi connectivity index (χ2v) is 4.80. The van der Waals surface area contributed by atoms with Crippen LogP contribution in [0.25, 0.3) is 0 Å². The van der Waals surface area contributed by atoms with Crippen molar-refractivity contribution in [1.29, 1.82) is 0 Å². The average Bonchev–Trinajstić information content (AvgIpc) is 2.92. The van der Waals surface area contributed by atoms with Crippen molar-refractivity contribution in [2.45, 2.75) is 6.92 Å². The predicted octanol–water partition coefficient (Wildman–Crippen LogP) is 4.16. The van der Waals surface area contributed by atoms with Crippen LogP contribution < -0.4 is 14.4 Å². The Kier molecular flexibility index (Phi) is 4.10. The monoisotopic (exact) mass is 294 g/mol. The molecule has 0 radical (unpaired) electrons. The van der Waals surface area contributed by atoms with Crippen LogP contribution in [0.1, 0.15) is 6.92 Å². The van der Waals surface area contributed by atoms with E-state index in [9.17, 15) is 0 Å². The van der Waals surface area contributed by atoms with Crippen LogP contribution in [0.5, 0.6) is 11.5 Å². The topological polar surface area (TPSA) is 34.1 Å². The van der Waals surface area contributed by atoms with E-state index in [4.69, 9.17) is 9.47 Å². The largest absolute Gasteiger partial charge is 0.497 e. The van der Waals surface area contributed by atoms with Crippen LogP contribution in [0.4, 0.5) is 11.4 Å². The van der Waals surface area contributed by atoms with E-state index in [1.54, 1.807) is 13.3 Å². The maximum atomic E-state index is 5.89. The zero-order chi connectivity index (χ0) is 15.4. The molecule has 0 spiro atoms. The number of nitrogens with zero attached hydrogens (tertiary/aromatic N) is 2. The third kappa shape index (κ3) is 2.81. The summed E-state index contributed by atoms with van der Waals surface area (Å²) in [7, 11) is 1.66. The van der Waals surface area contributed by atoms with E-state index in [2.05, 4.69) is 16.8 Å². The number of hydrogen-bond donors (Lipinski definition) is 0. The summed E-state index contributed by atoms with van der Waals surface area (Å²) >= 11 is 0. The molecule has 4 nitrogen and oxygen atoms in total. The van der Waals surface area contributed by atoms with Gasteiger partial charge in [0.25, 0.3) is 0 Å². The second kappa shape index (κ2) is 6.35. The lowest BCUT2D eigenvalue weighted by Gasteiger charge is -2.15. The van der Waals surface area contributed by atoms with E-state index in [0.29, 0.717) is 0 Å². The maximum Gasteiger partial charge on any atom is 0.202 e. The molecule has 0 aromatic heterocycles. The summed E-state index contributed by atoms with van der Waals surface area (Å²) in [5.74, 6) is 2.42. The molecule has 0 atom stereocenters. The molecule has 112 valence electrons. The van der Waals surface area contributed by atoms with Gasteiger partial charge in [0.2, 0.25) is 5.88 Å². The summed E-state index contributed by atoms with van der Waals surface area (Å²) in [5.41, 5.74) is 1.93. The van der Waals surface area contributed by atoms with Crippen molar-refractivity contribution in [3.63, 3.8) is 0 Å². The van der Waals surface area contributed by atoms with Gasteiger partial charge < -0.3 is 14.4 Å². The Morgan fingerprint density at radius 3 is 2.73 bits per heavy atom. The zero-order valence-electron chi connectivity index (χ0n) is 12.7. The summed E-state index contributed by atoms with van der Waals surface area (Å²) in [6.07, 6.45) is 3.64. The Balaban J connectivity index is 1.83. The summed E-state index contributed by atoms with van der Waals surface area (Å²) in [6.45, 7) is 2.89. The average molecular weight is 294 g/mol. The SMILES string of the molecule is CCN1/C(=C\C=Nc2ccccc2)Oc2ccc(OC)cc21. The van der Waals surface area contributed by atoms with Crippen molar-refractivity contribution in [2.75, 3.05) is 18.6 Å². The number of benzene rings is 2. The molecule has 0 unspecified atom stereocenters. The first-order valence-electron chi connectivity index (χ1n) is 7.24. The Morgan fingerprint density at radius 1 is 1.18 bits per heavy atom. The molecule has 0 fully saturated rings. The minimum atomic E-state index is 0.769. The number of fused-ring (bicyclic) bond motifs is 1. The lowest BCUT2D eigenvalue weighted by atomic mass is 10.2. The fourth-order valence-corrected chi connectivity index (χ4v) is 2.36. The van der Waals surface area contributed by atoms with E-state index in [1.807, 2.05) is 54.6 Å². The zero-order valence-corrected chi connectivity index (χ0v) is 12.7. The molecule has 1 aliphatic heterocycles. The second-order valence-electron chi connectivity index (χ2n) is 4.80. The van der Waals surface area contributed by atoms with Crippen LogP contribution >= 0.6 is 0 Å². The summed E-state index contributed by atoms with van der Waals surface area (Å²) in [6, 6.07) is 15.6. The van der Waals surface area contributed by atoms with Crippen molar-refractivity contribution >= 4 is 17.6 Å². The molecule has 1 heterocycles. The Bertz CT molecular complexity index is 708. The molecule has 0 amide bonds. The van der Waals surface area contributed by atoms with Crippen molar-refractivity contribution in [2.24, 2.45) is 4.99 Å². The van der Waals surface area contributed by atoms with Crippen molar-refractivity contribution in [1.82, 2.24) is 0 Å². The van der Waals surface area contributed by atoms with Gasteiger partial charge in [0.1, 0.15) is 5.75 Å². The number of para-hydroxylation sites is 1. The first-order valence-corrected chi connectivity index (χ1v) is 7.24. The Morgan fingerprint density at radius 2 is 2.00 bits per heavy atom. The Hall–Kier alpha value is -2.75. The Labute approximate surface area is 130 Å². The van der Waals surface area contributed by atoms with Gasteiger partial charge in [-0.1, -0.05) is 18.2 Å². The highest BCUT2D eigenvalue weighted by molar-refractivity contribution is 5.78. The third-order valence-corrected chi connectivity index (χ3v) is 3.45. The lowest BCUT2D eigenvalue weighted by Crippen LogP contribution is -2.19. The third-order valence-electron chi connectivity index (χ3n) is 3.45. The molecule has 2 aromatic rings. The molecular weight excluding hydrogens is 276 g/mol. The minimum Gasteiger partial charge on any atom is -0.497 e. The van der Waals surface area contributed by atoms with E-state index in [-0.39, 0.29) is 0 Å². The van der Waals surface area contributed by atoms with E-state index >= 15 is 0 Å². The van der Waals surface area contributed by atoms with Gasteiger partial charge in [-0.2, -0.15) is 0 Å². The van der Waals surface area contributed by atoms with Gasteiger partial charge in [-0.15, -0.1) is 0 Å². The van der Waals surface area contributed by atoms with Crippen LogP contribution in [0, 0.1) is 0 Å². The van der Waals surface area contributed by atoms with Gasteiger partial charge >= 0.3 is 0 Å². The molecule has 3 rings (SSSR count).